The third-order valence-electron chi connectivity index (χ3n) is 2.76. The van der Waals surface area contributed by atoms with E-state index in [9.17, 15) is 14.4 Å². The number of carbonyl (C=O) groups is 3. The molecule has 1 fully saturated rings. The van der Waals surface area contributed by atoms with E-state index in [1.54, 1.807) is 12.1 Å². The summed E-state index contributed by atoms with van der Waals surface area (Å²) in [6.07, 6.45) is 2.09. The van der Waals surface area contributed by atoms with Crippen molar-refractivity contribution < 1.29 is 14.4 Å². The van der Waals surface area contributed by atoms with Crippen molar-refractivity contribution in [1.29, 1.82) is 0 Å². The molecule has 0 aromatic carbocycles. The standard InChI is InChI=1S/C12H14N4O3/c13-7-1-2-8(14-6-7)5-11(18)15-9-3-4-10(17)16-12(9)19/h1-2,6,9H,3-5,13H2,(H,15,18)(H,16,17,19). The van der Waals surface area contributed by atoms with Crippen LogP contribution in [-0.4, -0.2) is 28.7 Å². The molecule has 2 heterocycles. The molecule has 1 aromatic rings. The Morgan fingerprint density at radius 2 is 2.26 bits per heavy atom. The minimum Gasteiger partial charge on any atom is -0.397 e. The Morgan fingerprint density at radius 1 is 1.47 bits per heavy atom. The number of hydrogen-bond acceptors (Lipinski definition) is 5. The maximum Gasteiger partial charge on any atom is 0.249 e. The number of carbonyl (C=O) groups excluding carboxylic acids is 3. The molecule has 4 N–H and O–H groups in total. The second kappa shape index (κ2) is 5.47. The van der Waals surface area contributed by atoms with E-state index in [1.807, 2.05) is 0 Å². The molecule has 1 aliphatic rings. The van der Waals surface area contributed by atoms with Gasteiger partial charge in [-0.05, 0) is 18.6 Å². The fourth-order valence-electron chi connectivity index (χ4n) is 1.78. The Morgan fingerprint density at radius 3 is 2.89 bits per heavy atom. The number of nitrogens with zero attached hydrogens (tertiary/aromatic N) is 1. The zero-order valence-electron chi connectivity index (χ0n) is 10.2. The Bertz CT molecular complexity index is 512. The van der Waals surface area contributed by atoms with E-state index in [0.29, 0.717) is 17.8 Å². The normalized spacial score (nSPS) is 18.8. The minimum absolute atomic E-state index is 0.0675. The predicted molar refractivity (Wildman–Crippen MR) is 66.7 cm³/mol. The van der Waals surface area contributed by atoms with Gasteiger partial charge in [0.05, 0.1) is 18.3 Å². The Labute approximate surface area is 109 Å². The van der Waals surface area contributed by atoms with Crippen molar-refractivity contribution in [2.24, 2.45) is 0 Å². The SMILES string of the molecule is Nc1ccc(CC(=O)NC2CCC(=O)NC2=O)nc1. The van der Waals surface area contributed by atoms with Crippen molar-refractivity contribution in [2.75, 3.05) is 5.73 Å². The molecule has 1 aliphatic heterocycles. The highest BCUT2D eigenvalue weighted by Crippen LogP contribution is 2.06. The van der Waals surface area contributed by atoms with Gasteiger partial charge in [-0.15, -0.1) is 0 Å². The number of rotatable bonds is 3. The fraction of sp³-hybridized carbons (Fsp3) is 0.333. The molecule has 7 heteroatoms. The molecule has 0 spiro atoms. The number of pyridine rings is 1. The van der Waals surface area contributed by atoms with Crippen molar-refractivity contribution in [3.63, 3.8) is 0 Å². The van der Waals surface area contributed by atoms with Crippen LogP contribution in [0.3, 0.4) is 0 Å². The van der Waals surface area contributed by atoms with Crippen LogP contribution in [0.25, 0.3) is 0 Å². The molecule has 7 nitrogen and oxygen atoms in total. The number of anilines is 1. The van der Waals surface area contributed by atoms with Crippen molar-refractivity contribution in [3.05, 3.63) is 24.0 Å². The number of nitrogens with two attached hydrogens (primary N) is 1. The molecule has 0 saturated carbocycles. The van der Waals surface area contributed by atoms with Crippen molar-refractivity contribution >= 4 is 23.4 Å². The Hall–Kier alpha value is -2.44. The molecule has 19 heavy (non-hydrogen) atoms. The van der Waals surface area contributed by atoms with Gasteiger partial charge in [-0.25, -0.2) is 0 Å². The van der Waals surface area contributed by atoms with E-state index in [1.165, 1.54) is 6.20 Å². The topological polar surface area (TPSA) is 114 Å². The molecule has 2 rings (SSSR count). The largest absolute Gasteiger partial charge is 0.397 e. The van der Waals surface area contributed by atoms with Crippen LogP contribution in [0.2, 0.25) is 0 Å². The first-order valence-electron chi connectivity index (χ1n) is 5.88. The van der Waals surface area contributed by atoms with Crippen LogP contribution in [0.5, 0.6) is 0 Å². The number of aromatic nitrogens is 1. The van der Waals surface area contributed by atoms with Gasteiger partial charge < -0.3 is 11.1 Å². The second-order valence-electron chi connectivity index (χ2n) is 4.33. The highest BCUT2D eigenvalue weighted by atomic mass is 16.2. The van der Waals surface area contributed by atoms with Crippen LogP contribution in [0, 0.1) is 0 Å². The lowest BCUT2D eigenvalue weighted by molar-refractivity contribution is -0.137. The lowest BCUT2D eigenvalue weighted by Crippen LogP contribution is -2.52. The van der Waals surface area contributed by atoms with Gasteiger partial charge in [-0.1, -0.05) is 0 Å². The van der Waals surface area contributed by atoms with Gasteiger partial charge in [0.15, 0.2) is 0 Å². The number of imide groups is 1. The highest BCUT2D eigenvalue weighted by molar-refractivity contribution is 6.01. The van der Waals surface area contributed by atoms with E-state index in [4.69, 9.17) is 5.73 Å². The molecular formula is C12H14N4O3. The van der Waals surface area contributed by atoms with Crippen molar-refractivity contribution in [1.82, 2.24) is 15.6 Å². The molecule has 0 radical (unpaired) electrons. The summed E-state index contributed by atoms with van der Waals surface area (Å²) in [5.74, 6) is -1.09. The number of piperidine rings is 1. The van der Waals surface area contributed by atoms with Crippen LogP contribution in [0.15, 0.2) is 18.3 Å². The van der Waals surface area contributed by atoms with Crippen LogP contribution in [0.1, 0.15) is 18.5 Å². The predicted octanol–water partition coefficient (Wildman–Crippen LogP) is -0.872. The number of hydrogen-bond donors (Lipinski definition) is 3. The lowest BCUT2D eigenvalue weighted by atomic mass is 10.1. The quantitative estimate of drug-likeness (QED) is 0.612. The van der Waals surface area contributed by atoms with E-state index in [-0.39, 0.29) is 24.7 Å². The zero-order valence-corrected chi connectivity index (χ0v) is 10.2. The average Bonchev–Trinajstić information content (AvgIpc) is 2.36. The summed E-state index contributed by atoms with van der Waals surface area (Å²) in [6.45, 7) is 0. The van der Waals surface area contributed by atoms with E-state index >= 15 is 0 Å². The first-order chi connectivity index (χ1) is 9.04. The molecule has 0 bridgehead atoms. The molecular weight excluding hydrogens is 248 g/mol. The summed E-state index contributed by atoms with van der Waals surface area (Å²) >= 11 is 0. The van der Waals surface area contributed by atoms with E-state index in [0.717, 1.165) is 0 Å². The summed E-state index contributed by atoms with van der Waals surface area (Å²) in [6, 6.07) is 2.65. The van der Waals surface area contributed by atoms with Gasteiger partial charge >= 0.3 is 0 Å². The first-order valence-corrected chi connectivity index (χ1v) is 5.88. The monoisotopic (exact) mass is 262 g/mol. The lowest BCUT2D eigenvalue weighted by Gasteiger charge is -2.21. The maximum atomic E-state index is 11.7. The molecule has 1 atom stereocenters. The summed E-state index contributed by atoms with van der Waals surface area (Å²) in [4.78, 5) is 38.2. The third kappa shape index (κ3) is 3.51. The summed E-state index contributed by atoms with van der Waals surface area (Å²) in [7, 11) is 0. The molecule has 3 amide bonds. The van der Waals surface area contributed by atoms with Crippen LogP contribution in [-0.2, 0) is 20.8 Å². The minimum atomic E-state index is -0.654. The molecule has 1 unspecified atom stereocenters. The molecule has 1 aromatic heterocycles. The fourth-order valence-corrected chi connectivity index (χ4v) is 1.78. The van der Waals surface area contributed by atoms with Gasteiger partial charge in [0.2, 0.25) is 17.7 Å². The molecule has 0 aliphatic carbocycles. The number of nitrogen functional groups attached to an aromatic ring is 1. The second-order valence-corrected chi connectivity index (χ2v) is 4.33. The Kier molecular flexibility index (Phi) is 3.74. The van der Waals surface area contributed by atoms with E-state index < -0.39 is 11.9 Å². The smallest absolute Gasteiger partial charge is 0.249 e. The van der Waals surface area contributed by atoms with Crippen LogP contribution < -0.4 is 16.4 Å². The van der Waals surface area contributed by atoms with Gasteiger partial charge in [0, 0.05) is 12.1 Å². The summed E-state index contributed by atoms with van der Waals surface area (Å²) in [5.41, 5.74) is 6.58. The summed E-state index contributed by atoms with van der Waals surface area (Å²) in [5, 5.41) is 4.76. The highest BCUT2D eigenvalue weighted by Gasteiger charge is 2.27. The van der Waals surface area contributed by atoms with E-state index in [2.05, 4.69) is 15.6 Å². The Balaban J connectivity index is 1.89. The molecule has 100 valence electrons. The van der Waals surface area contributed by atoms with Crippen molar-refractivity contribution in [3.8, 4) is 0 Å². The summed E-state index contributed by atoms with van der Waals surface area (Å²) < 4.78 is 0. The van der Waals surface area contributed by atoms with Crippen molar-refractivity contribution in [2.45, 2.75) is 25.3 Å². The maximum absolute atomic E-state index is 11.7. The van der Waals surface area contributed by atoms with Gasteiger partial charge in [-0.2, -0.15) is 0 Å². The number of nitrogens with one attached hydrogen (secondary N) is 2. The van der Waals surface area contributed by atoms with Crippen LogP contribution in [0.4, 0.5) is 5.69 Å². The van der Waals surface area contributed by atoms with Gasteiger partial charge in [0.1, 0.15) is 6.04 Å². The van der Waals surface area contributed by atoms with Gasteiger partial charge in [-0.3, -0.25) is 24.7 Å². The molecule has 1 saturated heterocycles. The average molecular weight is 262 g/mol. The zero-order chi connectivity index (χ0) is 13.8. The number of amides is 3. The van der Waals surface area contributed by atoms with Gasteiger partial charge in [0.25, 0.3) is 0 Å². The third-order valence-corrected chi connectivity index (χ3v) is 2.76. The first kappa shape index (κ1) is 13.0. The van der Waals surface area contributed by atoms with Crippen LogP contribution >= 0.6 is 0 Å².